The van der Waals surface area contributed by atoms with E-state index in [0.717, 1.165) is 39.0 Å². The third kappa shape index (κ3) is 4.94. The number of carbonyl (C=O) groups is 2. The Hall–Kier alpha value is -2.55. The molecule has 0 aromatic heterocycles. The molecule has 1 aromatic rings. The van der Waals surface area contributed by atoms with Crippen LogP contribution in [-0.4, -0.2) is 90.3 Å². The standard InChI is InChI=1S/C25H33ClN4O4/c1-29(2)12-9-27-16-5-6-17(28-10-13-30-11-3-4-15(26)14-30)21-20(16)24(33)22-18(31)7-8-19(32)23(22)25(21)34/h5-8,15,20-21,27-28,31-32H,3-4,9-14H2,1-2H3. The number of phenolic OH excluding ortho intramolecular Hbond substituents is 2. The number of alkyl halides is 1. The minimum atomic E-state index is -0.790. The number of likely N-dealkylation sites (N-methyl/N-ethyl adjacent to an activating group) is 1. The van der Waals surface area contributed by atoms with Gasteiger partial charge in [0.1, 0.15) is 11.5 Å². The van der Waals surface area contributed by atoms with E-state index in [1.165, 1.54) is 12.1 Å². The number of nitrogens with one attached hydrogen (secondary N) is 2. The van der Waals surface area contributed by atoms with Gasteiger partial charge in [0.25, 0.3) is 0 Å². The fraction of sp³-hybridized carbons (Fsp3) is 0.520. The molecule has 0 radical (unpaired) electrons. The van der Waals surface area contributed by atoms with E-state index in [9.17, 15) is 19.8 Å². The van der Waals surface area contributed by atoms with E-state index in [-0.39, 0.29) is 39.6 Å². The second-order valence-electron chi connectivity index (χ2n) is 9.48. The van der Waals surface area contributed by atoms with Gasteiger partial charge in [-0.15, -0.1) is 11.6 Å². The average Bonchev–Trinajstić information content (AvgIpc) is 2.79. The monoisotopic (exact) mass is 488 g/mol. The summed E-state index contributed by atoms with van der Waals surface area (Å²) in [6.07, 6.45) is 5.78. The summed E-state index contributed by atoms with van der Waals surface area (Å²) < 4.78 is 0. The first kappa shape index (κ1) is 24.6. The first-order valence-corrected chi connectivity index (χ1v) is 12.3. The Balaban J connectivity index is 1.60. The predicted molar refractivity (Wildman–Crippen MR) is 131 cm³/mol. The van der Waals surface area contributed by atoms with Gasteiger partial charge in [0.15, 0.2) is 11.6 Å². The second-order valence-corrected chi connectivity index (χ2v) is 10.1. The molecule has 34 heavy (non-hydrogen) atoms. The van der Waals surface area contributed by atoms with Gasteiger partial charge >= 0.3 is 0 Å². The van der Waals surface area contributed by atoms with E-state index in [1.807, 2.05) is 31.1 Å². The molecule has 0 spiro atoms. The molecule has 1 fully saturated rings. The van der Waals surface area contributed by atoms with Crippen molar-refractivity contribution < 1.29 is 19.8 Å². The van der Waals surface area contributed by atoms with Gasteiger partial charge in [-0.2, -0.15) is 0 Å². The fourth-order valence-corrected chi connectivity index (χ4v) is 5.39. The highest BCUT2D eigenvalue weighted by Gasteiger charge is 2.48. The molecule has 3 atom stereocenters. The number of fused-ring (bicyclic) bond motifs is 2. The van der Waals surface area contributed by atoms with Crippen LogP contribution >= 0.6 is 11.6 Å². The van der Waals surface area contributed by atoms with Gasteiger partial charge in [0.2, 0.25) is 0 Å². The van der Waals surface area contributed by atoms with Crippen LogP contribution in [0.1, 0.15) is 33.6 Å². The molecule has 0 bridgehead atoms. The number of nitrogens with zero attached hydrogens (tertiary/aromatic N) is 2. The number of ketones is 2. The molecular formula is C25H33ClN4O4. The number of Topliss-reactive ketones (excluding diaryl/α,β-unsaturated/α-hetero) is 2. The third-order valence-corrected chi connectivity index (χ3v) is 7.11. The maximum Gasteiger partial charge on any atom is 0.177 e. The molecule has 0 saturated carbocycles. The number of halogens is 1. The molecule has 184 valence electrons. The highest BCUT2D eigenvalue weighted by molar-refractivity contribution is 6.21. The van der Waals surface area contributed by atoms with Crippen LogP contribution in [0.5, 0.6) is 11.5 Å². The molecule has 9 heteroatoms. The number of aromatic hydroxyl groups is 2. The maximum absolute atomic E-state index is 13.6. The smallest absolute Gasteiger partial charge is 0.177 e. The van der Waals surface area contributed by atoms with Gasteiger partial charge in [-0.3, -0.25) is 9.59 Å². The minimum Gasteiger partial charge on any atom is -0.507 e. The Morgan fingerprint density at radius 2 is 1.56 bits per heavy atom. The average molecular weight is 489 g/mol. The summed E-state index contributed by atoms with van der Waals surface area (Å²) in [5, 5.41) is 27.6. The zero-order chi connectivity index (χ0) is 24.4. The van der Waals surface area contributed by atoms with Crippen LogP contribution in [0.4, 0.5) is 0 Å². The van der Waals surface area contributed by atoms with Crippen molar-refractivity contribution in [3.05, 3.63) is 46.8 Å². The van der Waals surface area contributed by atoms with Gasteiger partial charge in [-0.25, -0.2) is 0 Å². The fourth-order valence-electron chi connectivity index (χ4n) is 5.04. The van der Waals surface area contributed by atoms with E-state index in [1.54, 1.807) is 0 Å². The molecule has 4 rings (SSSR count). The molecule has 4 N–H and O–H groups in total. The van der Waals surface area contributed by atoms with Gasteiger partial charge in [-0.1, -0.05) is 0 Å². The Morgan fingerprint density at radius 1 is 1.00 bits per heavy atom. The SMILES string of the molecule is CN(C)CCNC1=CC=C(NCCN2CCCC(Cl)C2)C2C(=O)c3c(O)ccc(O)c3C(=O)C12. The van der Waals surface area contributed by atoms with Crippen LogP contribution < -0.4 is 10.6 Å². The molecule has 1 saturated heterocycles. The van der Waals surface area contributed by atoms with Crippen LogP contribution in [0, 0.1) is 11.8 Å². The quantitative estimate of drug-likeness (QED) is 0.325. The second kappa shape index (κ2) is 10.4. The van der Waals surface area contributed by atoms with E-state index in [2.05, 4.69) is 15.5 Å². The summed E-state index contributed by atoms with van der Waals surface area (Å²) in [5.41, 5.74) is 1.09. The summed E-state index contributed by atoms with van der Waals surface area (Å²) in [5.74, 6) is -2.90. The summed E-state index contributed by atoms with van der Waals surface area (Å²) in [6, 6.07) is 2.51. The van der Waals surface area contributed by atoms with Crippen molar-refractivity contribution in [1.82, 2.24) is 20.4 Å². The lowest BCUT2D eigenvalue weighted by Gasteiger charge is -2.37. The molecule has 3 unspecified atom stereocenters. The van der Waals surface area contributed by atoms with Gasteiger partial charge in [0.05, 0.1) is 23.0 Å². The molecule has 8 nitrogen and oxygen atoms in total. The van der Waals surface area contributed by atoms with E-state index in [4.69, 9.17) is 11.6 Å². The third-order valence-electron chi connectivity index (χ3n) is 6.76. The lowest BCUT2D eigenvalue weighted by molar-refractivity contribution is 0.0769. The van der Waals surface area contributed by atoms with Crippen molar-refractivity contribution >= 4 is 23.2 Å². The van der Waals surface area contributed by atoms with Gasteiger partial charge < -0.3 is 30.6 Å². The summed E-state index contributed by atoms with van der Waals surface area (Å²) in [4.78, 5) is 31.5. The van der Waals surface area contributed by atoms with Gasteiger partial charge in [-0.05, 0) is 57.8 Å². The number of benzene rings is 1. The number of hydrogen-bond donors (Lipinski definition) is 4. The normalized spacial score (nSPS) is 24.9. The zero-order valence-electron chi connectivity index (χ0n) is 19.7. The van der Waals surface area contributed by atoms with Crippen LogP contribution in [0.3, 0.4) is 0 Å². The Kier molecular flexibility index (Phi) is 7.50. The number of piperidine rings is 1. The Labute approximate surface area is 205 Å². The maximum atomic E-state index is 13.6. The molecule has 2 aliphatic carbocycles. The number of phenols is 2. The number of rotatable bonds is 8. The lowest BCUT2D eigenvalue weighted by atomic mass is 9.68. The molecule has 0 amide bonds. The van der Waals surface area contributed by atoms with Crippen molar-refractivity contribution in [1.29, 1.82) is 0 Å². The van der Waals surface area contributed by atoms with Crippen molar-refractivity contribution in [3.63, 3.8) is 0 Å². The van der Waals surface area contributed by atoms with Crippen molar-refractivity contribution in [3.8, 4) is 11.5 Å². The summed E-state index contributed by atoms with van der Waals surface area (Å²) >= 11 is 6.30. The molecule has 1 aliphatic heterocycles. The van der Waals surface area contributed by atoms with E-state index >= 15 is 0 Å². The van der Waals surface area contributed by atoms with Crippen LogP contribution in [0.2, 0.25) is 0 Å². The van der Waals surface area contributed by atoms with E-state index < -0.39 is 11.8 Å². The summed E-state index contributed by atoms with van der Waals surface area (Å²) in [7, 11) is 3.92. The lowest BCUT2D eigenvalue weighted by Crippen LogP contribution is -2.47. The largest absolute Gasteiger partial charge is 0.507 e. The predicted octanol–water partition coefficient (Wildman–Crippen LogP) is 1.93. The number of likely N-dealkylation sites (tertiary alicyclic amines) is 1. The zero-order valence-corrected chi connectivity index (χ0v) is 20.4. The van der Waals surface area contributed by atoms with Crippen molar-refractivity contribution in [2.45, 2.75) is 18.2 Å². The van der Waals surface area contributed by atoms with Crippen LogP contribution in [0.15, 0.2) is 35.7 Å². The number of carbonyl (C=O) groups excluding carboxylic acids is 2. The Bertz CT molecular complexity index is 1020. The molecule has 1 heterocycles. The highest BCUT2D eigenvalue weighted by Crippen LogP contribution is 2.44. The van der Waals surface area contributed by atoms with Crippen molar-refractivity contribution in [2.75, 3.05) is 53.4 Å². The highest BCUT2D eigenvalue weighted by atomic mass is 35.5. The van der Waals surface area contributed by atoms with E-state index in [0.29, 0.717) is 24.5 Å². The first-order chi connectivity index (χ1) is 16.3. The first-order valence-electron chi connectivity index (χ1n) is 11.8. The number of allylic oxidation sites excluding steroid dienone is 4. The summed E-state index contributed by atoms with van der Waals surface area (Å²) in [6.45, 7) is 4.58. The minimum absolute atomic E-state index is 0.102. The van der Waals surface area contributed by atoms with Crippen LogP contribution in [-0.2, 0) is 0 Å². The topological polar surface area (TPSA) is 105 Å². The van der Waals surface area contributed by atoms with Crippen LogP contribution in [0.25, 0.3) is 0 Å². The molecular weight excluding hydrogens is 456 g/mol. The number of hydrogen-bond acceptors (Lipinski definition) is 8. The molecule has 1 aromatic carbocycles. The van der Waals surface area contributed by atoms with Crippen molar-refractivity contribution in [2.24, 2.45) is 11.8 Å². The Morgan fingerprint density at radius 3 is 2.09 bits per heavy atom. The molecule has 3 aliphatic rings. The van der Waals surface area contributed by atoms with Gasteiger partial charge in [0, 0.05) is 49.5 Å².